The third-order valence-electron chi connectivity index (χ3n) is 4.39. The highest BCUT2D eigenvalue weighted by Crippen LogP contribution is 2.52. The van der Waals surface area contributed by atoms with Crippen LogP contribution in [0.25, 0.3) is 0 Å². The molecule has 1 atom stereocenters. The molecule has 1 unspecified atom stereocenters. The van der Waals surface area contributed by atoms with E-state index in [1.807, 2.05) is 0 Å². The first-order valence-corrected chi connectivity index (χ1v) is 7.08. The monoisotopic (exact) mass is 239 g/mol. The van der Waals surface area contributed by atoms with Gasteiger partial charge in [-0.25, -0.2) is 0 Å². The van der Waals surface area contributed by atoms with Crippen molar-refractivity contribution in [2.24, 2.45) is 11.3 Å². The Morgan fingerprint density at radius 1 is 1.29 bits per heavy atom. The molecule has 17 heavy (non-hydrogen) atoms. The molecule has 0 bridgehead atoms. The van der Waals surface area contributed by atoms with Crippen LogP contribution >= 0.6 is 0 Å². The van der Waals surface area contributed by atoms with Crippen LogP contribution in [0.5, 0.6) is 0 Å². The standard InChI is InChI=1S/C14H25NO2/c1-2-3-12(4-5-13(16)17)6-9-15-10-14(11-15)7-8-14/h12H,2-11H2,1H3,(H,16,17). The Hall–Kier alpha value is -0.570. The number of hydrogen-bond acceptors (Lipinski definition) is 2. The van der Waals surface area contributed by atoms with E-state index >= 15 is 0 Å². The molecule has 2 rings (SSSR count). The summed E-state index contributed by atoms with van der Waals surface area (Å²) in [6, 6.07) is 0. The maximum Gasteiger partial charge on any atom is 0.303 e. The highest BCUT2D eigenvalue weighted by molar-refractivity contribution is 5.66. The van der Waals surface area contributed by atoms with Crippen molar-refractivity contribution in [2.75, 3.05) is 19.6 Å². The second-order valence-electron chi connectivity index (χ2n) is 6.09. The zero-order valence-corrected chi connectivity index (χ0v) is 11.0. The molecular formula is C14H25NO2. The number of carboxylic acid groups (broad SMARTS) is 1. The van der Waals surface area contributed by atoms with E-state index in [2.05, 4.69) is 11.8 Å². The third kappa shape index (κ3) is 3.70. The van der Waals surface area contributed by atoms with Gasteiger partial charge in [0.25, 0.3) is 0 Å². The number of aliphatic carboxylic acids is 1. The Morgan fingerprint density at radius 3 is 2.53 bits per heavy atom. The highest BCUT2D eigenvalue weighted by Gasteiger charge is 2.51. The largest absolute Gasteiger partial charge is 0.481 e. The van der Waals surface area contributed by atoms with E-state index < -0.39 is 5.97 Å². The van der Waals surface area contributed by atoms with Crippen molar-refractivity contribution >= 4 is 5.97 Å². The average molecular weight is 239 g/mol. The summed E-state index contributed by atoms with van der Waals surface area (Å²) in [4.78, 5) is 13.1. The lowest BCUT2D eigenvalue weighted by Gasteiger charge is -2.40. The molecule has 1 spiro atoms. The number of rotatable bonds is 8. The topological polar surface area (TPSA) is 40.5 Å². The molecule has 1 aliphatic heterocycles. The summed E-state index contributed by atoms with van der Waals surface area (Å²) in [6.45, 7) is 6.00. The van der Waals surface area contributed by atoms with Crippen LogP contribution in [-0.2, 0) is 4.79 Å². The van der Waals surface area contributed by atoms with Crippen molar-refractivity contribution in [1.29, 1.82) is 0 Å². The predicted molar refractivity (Wildman–Crippen MR) is 68.0 cm³/mol. The van der Waals surface area contributed by atoms with Gasteiger partial charge in [-0.3, -0.25) is 4.79 Å². The quantitative estimate of drug-likeness (QED) is 0.708. The average Bonchev–Trinajstić information content (AvgIpc) is 3.00. The van der Waals surface area contributed by atoms with Crippen molar-refractivity contribution in [3.8, 4) is 0 Å². The normalized spacial score (nSPS) is 23.4. The van der Waals surface area contributed by atoms with Gasteiger partial charge in [-0.2, -0.15) is 0 Å². The van der Waals surface area contributed by atoms with Gasteiger partial charge in [0.1, 0.15) is 0 Å². The van der Waals surface area contributed by atoms with Gasteiger partial charge in [0.2, 0.25) is 0 Å². The minimum atomic E-state index is -0.646. The lowest BCUT2D eigenvalue weighted by Crippen LogP contribution is -2.48. The lowest BCUT2D eigenvalue weighted by atomic mass is 9.91. The molecule has 1 aliphatic carbocycles. The summed E-state index contributed by atoms with van der Waals surface area (Å²) in [5.74, 6) is -0.0289. The zero-order valence-electron chi connectivity index (χ0n) is 11.0. The van der Waals surface area contributed by atoms with Gasteiger partial charge in [0, 0.05) is 19.5 Å². The summed E-state index contributed by atoms with van der Waals surface area (Å²) in [7, 11) is 0. The van der Waals surface area contributed by atoms with E-state index in [4.69, 9.17) is 5.11 Å². The van der Waals surface area contributed by atoms with Crippen LogP contribution in [0.3, 0.4) is 0 Å². The maximum atomic E-state index is 10.6. The van der Waals surface area contributed by atoms with Crippen LogP contribution in [0.4, 0.5) is 0 Å². The van der Waals surface area contributed by atoms with E-state index in [0.29, 0.717) is 12.3 Å². The molecule has 3 heteroatoms. The molecule has 2 aliphatic rings. The molecular weight excluding hydrogens is 214 g/mol. The number of nitrogens with zero attached hydrogens (tertiary/aromatic N) is 1. The molecule has 1 saturated carbocycles. The van der Waals surface area contributed by atoms with Gasteiger partial charge in [0.15, 0.2) is 0 Å². The number of carbonyl (C=O) groups is 1. The summed E-state index contributed by atoms with van der Waals surface area (Å²) in [5, 5.41) is 8.73. The van der Waals surface area contributed by atoms with Crippen molar-refractivity contribution < 1.29 is 9.90 Å². The van der Waals surface area contributed by atoms with E-state index in [1.54, 1.807) is 0 Å². The molecule has 2 fully saturated rings. The number of likely N-dealkylation sites (tertiary alicyclic amines) is 1. The van der Waals surface area contributed by atoms with Crippen LogP contribution in [0.1, 0.15) is 51.9 Å². The van der Waals surface area contributed by atoms with E-state index in [1.165, 1.54) is 51.7 Å². The Morgan fingerprint density at radius 2 is 2.00 bits per heavy atom. The minimum Gasteiger partial charge on any atom is -0.481 e. The first kappa shape index (κ1) is 12.9. The van der Waals surface area contributed by atoms with Crippen LogP contribution in [-0.4, -0.2) is 35.6 Å². The van der Waals surface area contributed by atoms with Crippen LogP contribution in [0.15, 0.2) is 0 Å². The molecule has 1 N–H and O–H groups in total. The second-order valence-corrected chi connectivity index (χ2v) is 6.09. The SMILES string of the molecule is CCCC(CCC(=O)O)CCN1CC2(CC2)C1. The van der Waals surface area contributed by atoms with Crippen molar-refractivity contribution in [1.82, 2.24) is 4.90 Å². The van der Waals surface area contributed by atoms with Gasteiger partial charge < -0.3 is 10.0 Å². The molecule has 3 nitrogen and oxygen atoms in total. The van der Waals surface area contributed by atoms with E-state index in [9.17, 15) is 4.79 Å². The van der Waals surface area contributed by atoms with Gasteiger partial charge in [-0.05, 0) is 43.6 Å². The van der Waals surface area contributed by atoms with E-state index in [0.717, 1.165) is 11.8 Å². The van der Waals surface area contributed by atoms with Crippen molar-refractivity contribution in [3.05, 3.63) is 0 Å². The molecule has 0 radical (unpaired) electrons. The van der Waals surface area contributed by atoms with Gasteiger partial charge in [-0.1, -0.05) is 19.8 Å². The fourth-order valence-corrected chi connectivity index (χ4v) is 3.09. The summed E-state index contributed by atoms with van der Waals surface area (Å²) >= 11 is 0. The van der Waals surface area contributed by atoms with Crippen LogP contribution < -0.4 is 0 Å². The predicted octanol–water partition coefficient (Wildman–Crippen LogP) is 2.75. The summed E-state index contributed by atoms with van der Waals surface area (Å²) < 4.78 is 0. The Kier molecular flexibility index (Phi) is 4.08. The van der Waals surface area contributed by atoms with Crippen molar-refractivity contribution in [2.45, 2.75) is 51.9 Å². The smallest absolute Gasteiger partial charge is 0.303 e. The summed E-state index contributed by atoms with van der Waals surface area (Å²) in [5.41, 5.74) is 0.751. The molecule has 1 heterocycles. The summed E-state index contributed by atoms with van der Waals surface area (Å²) in [6.07, 6.45) is 7.65. The number of hydrogen-bond donors (Lipinski definition) is 1. The fourth-order valence-electron chi connectivity index (χ4n) is 3.09. The molecule has 0 aromatic carbocycles. The first-order chi connectivity index (χ1) is 8.13. The first-order valence-electron chi connectivity index (χ1n) is 7.08. The molecule has 0 amide bonds. The minimum absolute atomic E-state index is 0.342. The Labute approximate surface area is 104 Å². The van der Waals surface area contributed by atoms with E-state index in [-0.39, 0.29) is 0 Å². The maximum absolute atomic E-state index is 10.6. The number of carboxylic acids is 1. The molecule has 98 valence electrons. The zero-order chi connectivity index (χ0) is 12.3. The molecule has 0 aromatic rings. The fraction of sp³-hybridized carbons (Fsp3) is 0.929. The second kappa shape index (κ2) is 5.38. The van der Waals surface area contributed by atoms with Gasteiger partial charge in [0.05, 0.1) is 0 Å². The van der Waals surface area contributed by atoms with Crippen molar-refractivity contribution in [3.63, 3.8) is 0 Å². The van der Waals surface area contributed by atoms with Gasteiger partial charge in [-0.15, -0.1) is 0 Å². The third-order valence-corrected chi connectivity index (χ3v) is 4.39. The highest BCUT2D eigenvalue weighted by atomic mass is 16.4. The Bertz CT molecular complexity index is 265. The van der Waals surface area contributed by atoms with Gasteiger partial charge >= 0.3 is 5.97 Å². The molecule has 0 aromatic heterocycles. The molecule has 1 saturated heterocycles. The lowest BCUT2D eigenvalue weighted by molar-refractivity contribution is -0.137. The van der Waals surface area contributed by atoms with Crippen LogP contribution in [0, 0.1) is 11.3 Å². The van der Waals surface area contributed by atoms with Crippen LogP contribution in [0.2, 0.25) is 0 Å². The Balaban J connectivity index is 1.60.